The molecule has 1 saturated heterocycles. The summed E-state index contributed by atoms with van der Waals surface area (Å²) in [5.41, 5.74) is 2.45. The van der Waals surface area contributed by atoms with Crippen molar-refractivity contribution in [3.05, 3.63) is 29.3 Å². The van der Waals surface area contributed by atoms with Crippen LogP contribution in [0.2, 0.25) is 0 Å². The zero-order valence-electron chi connectivity index (χ0n) is 16.3. The van der Waals surface area contributed by atoms with Crippen LogP contribution >= 0.6 is 0 Å². The lowest BCUT2D eigenvalue weighted by molar-refractivity contribution is 0.206. The fraction of sp³-hybridized carbons (Fsp3) is 0.650. The Balaban J connectivity index is 1.74. The first-order valence-corrected chi connectivity index (χ1v) is 9.49. The molecule has 0 amide bonds. The summed E-state index contributed by atoms with van der Waals surface area (Å²) in [5, 5.41) is 7.01. The van der Waals surface area contributed by atoms with E-state index in [-0.39, 0.29) is 0 Å². The second kappa shape index (κ2) is 10.3. The Morgan fingerprint density at radius 2 is 2.08 bits per heavy atom. The van der Waals surface area contributed by atoms with Gasteiger partial charge < -0.3 is 20.3 Å². The Hall–Kier alpha value is -1.75. The molecule has 2 N–H and O–H groups in total. The number of nitrogens with one attached hydrogen (secondary N) is 2. The van der Waals surface area contributed by atoms with E-state index in [0.717, 1.165) is 24.7 Å². The third-order valence-corrected chi connectivity index (χ3v) is 4.87. The van der Waals surface area contributed by atoms with Crippen molar-refractivity contribution >= 4 is 5.96 Å². The van der Waals surface area contributed by atoms with Crippen molar-refractivity contribution in [3.63, 3.8) is 0 Å². The summed E-state index contributed by atoms with van der Waals surface area (Å²) in [4.78, 5) is 6.93. The molecule has 0 bridgehead atoms. The Morgan fingerprint density at radius 3 is 2.72 bits per heavy atom. The molecule has 1 fully saturated rings. The number of benzene rings is 1. The molecule has 0 radical (unpaired) electrons. The van der Waals surface area contributed by atoms with Crippen LogP contribution in [0.4, 0.5) is 0 Å². The number of aryl methyl sites for hydroxylation is 1. The summed E-state index contributed by atoms with van der Waals surface area (Å²) in [5.74, 6) is 1.87. The van der Waals surface area contributed by atoms with Crippen LogP contribution in [0.15, 0.2) is 23.2 Å². The molecule has 2 rings (SSSR count). The van der Waals surface area contributed by atoms with Gasteiger partial charge in [-0.3, -0.25) is 4.99 Å². The van der Waals surface area contributed by atoms with Crippen molar-refractivity contribution in [1.29, 1.82) is 0 Å². The molecule has 0 aromatic heterocycles. The highest BCUT2D eigenvalue weighted by Crippen LogP contribution is 2.19. The maximum absolute atomic E-state index is 5.40. The maximum Gasteiger partial charge on any atom is 0.191 e. The minimum Gasteiger partial charge on any atom is -0.496 e. The minimum atomic E-state index is 0.527. The third-order valence-electron chi connectivity index (χ3n) is 4.87. The third kappa shape index (κ3) is 6.24. The summed E-state index contributed by atoms with van der Waals surface area (Å²) < 4.78 is 5.40. The van der Waals surface area contributed by atoms with Gasteiger partial charge in [0, 0.05) is 32.7 Å². The van der Waals surface area contributed by atoms with E-state index in [9.17, 15) is 0 Å². The molecule has 5 nitrogen and oxygen atoms in total. The fourth-order valence-electron chi connectivity index (χ4n) is 3.35. The average molecular weight is 347 g/mol. The highest BCUT2D eigenvalue weighted by molar-refractivity contribution is 5.79. The van der Waals surface area contributed by atoms with Gasteiger partial charge in [0.05, 0.1) is 7.11 Å². The van der Waals surface area contributed by atoms with E-state index >= 15 is 0 Å². The maximum atomic E-state index is 5.40. The highest BCUT2D eigenvalue weighted by Gasteiger charge is 2.19. The first-order chi connectivity index (χ1) is 12.2. The van der Waals surface area contributed by atoms with E-state index in [0.29, 0.717) is 6.04 Å². The largest absolute Gasteiger partial charge is 0.496 e. The smallest absolute Gasteiger partial charge is 0.191 e. The monoisotopic (exact) mass is 346 g/mol. The van der Waals surface area contributed by atoms with Crippen molar-refractivity contribution in [2.75, 3.05) is 40.3 Å². The van der Waals surface area contributed by atoms with Gasteiger partial charge in [-0.1, -0.05) is 19.1 Å². The van der Waals surface area contributed by atoms with Crippen LogP contribution in [0.5, 0.6) is 5.75 Å². The molecule has 0 spiro atoms. The van der Waals surface area contributed by atoms with Gasteiger partial charge in [-0.25, -0.2) is 0 Å². The summed E-state index contributed by atoms with van der Waals surface area (Å²) in [6.07, 6.45) is 4.57. The number of ether oxygens (including phenoxy) is 1. The number of rotatable bonds is 7. The highest BCUT2D eigenvalue weighted by atomic mass is 16.5. The summed E-state index contributed by atoms with van der Waals surface area (Å²) >= 11 is 0. The zero-order valence-corrected chi connectivity index (χ0v) is 16.3. The number of nitrogens with zero attached hydrogens (tertiary/aromatic N) is 2. The van der Waals surface area contributed by atoms with Crippen molar-refractivity contribution < 1.29 is 4.74 Å². The second-order valence-corrected chi connectivity index (χ2v) is 6.81. The normalized spacial score (nSPS) is 16.7. The van der Waals surface area contributed by atoms with Crippen LogP contribution in [-0.4, -0.2) is 57.2 Å². The lowest BCUT2D eigenvalue weighted by Gasteiger charge is -2.32. The number of hydrogen-bond acceptors (Lipinski definition) is 3. The SMILES string of the molecule is CCCN1CCC(NC(=NC)NCCc2ccc(C)c(OC)c2)CC1. The molecule has 140 valence electrons. The lowest BCUT2D eigenvalue weighted by atomic mass is 10.1. The lowest BCUT2D eigenvalue weighted by Crippen LogP contribution is -2.49. The van der Waals surface area contributed by atoms with Crippen LogP contribution < -0.4 is 15.4 Å². The van der Waals surface area contributed by atoms with Crippen LogP contribution in [0.1, 0.15) is 37.3 Å². The zero-order chi connectivity index (χ0) is 18.1. The van der Waals surface area contributed by atoms with E-state index in [1.807, 2.05) is 7.05 Å². The van der Waals surface area contributed by atoms with E-state index in [1.54, 1.807) is 7.11 Å². The van der Waals surface area contributed by atoms with Crippen molar-refractivity contribution in [1.82, 2.24) is 15.5 Å². The van der Waals surface area contributed by atoms with Crippen molar-refractivity contribution in [2.24, 2.45) is 4.99 Å². The van der Waals surface area contributed by atoms with E-state index in [1.165, 1.54) is 50.0 Å². The van der Waals surface area contributed by atoms with Gasteiger partial charge >= 0.3 is 0 Å². The molecule has 0 unspecified atom stereocenters. The summed E-state index contributed by atoms with van der Waals surface area (Å²) in [6, 6.07) is 6.93. The van der Waals surface area contributed by atoms with Crippen molar-refractivity contribution in [3.8, 4) is 5.75 Å². The number of methoxy groups -OCH3 is 1. The summed E-state index contributed by atoms with van der Waals surface area (Å²) in [7, 11) is 3.57. The molecule has 1 aliphatic heterocycles. The Morgan fingerprint density at radius 1 is 1.32 bits per heavy atom. The number of piperidine rings is 1. The molecule has 0 saturated carbocycles. The first-order valence-electron chi connectivity index (χ1n) is 9.49. The number of guanidine groups is 1. The minimum absolute atomic E-state index is 0.527. The van der Waals surface area contributed by atoms with Gasteiger partial charge in [-0.05, 0) is 56.3 Å². The molecule has 1 heterocycles. The predicted octanol–water partition coefficient (Wildman–Crippen LogP) is 2.59. The van der Waals surface area contributed by atoms with E-state index in [4.69, 9.17) is 4.74 Å². The van der Waals surface area contributed by atoms with Gasteiger partial charge in [0.15, 0.2) is 5.96 Å². The first kappa shape index (κ1) is 19.6. The van der Waals surface area contributed by atoms with Crippen LogP contribution in [0, 0.1) is 6.92 Å². The van der Waals surface area contributed by atoms with Gasteiger partial charge in [0.25, 0.3) is 0 Å². The van der Waals surface area contributed by atoms with E-state index < -0.39 is 0 Å². The van der Waals surface area contributed by atoms with Gasteiger partial charge in [0.2, 0.25) is 0 Å². The second-order valence-electron chi connectivity index (χ2n) is 6.81. The molecular formula is C20H34N4O. The average Bonchev–Trinajstić information content (AvgIpc) is 2.64. The standard InChI is InChI=1S/C20H34N4O/c1-5-12-24-13-9-18(10-14-24)23-20(21-3)22-11-8-17-7-6-16(2)19(15-17)25-4/h6-7,15,18H,5,8-14H2,1-4H3,(H2,21,22,23). The molecule has 25 heavy (non-hydrogen) atoms. The van der Waals surface area contributed by atoms with Crippen LogP contribution in [-0.2, 0) is 6.42 Å². The molecule has 0 atom stereocenters. The molecule has 1 aliphatic rings. The van der Waals surface area contributed by atoms with Gasteiger partial charge in [0.1, 0.15) is 5.75 Å². The quantitative estimate of drug-likeness (QED) is 0.588. The Labute approximate surface area is 152 Å². The van der Waals surface area contributed by atoms with Crippen LogP contribution in [0.25, 0.3) is 0 Å². The molecule has 0 aliphatic carbocycles. The summed E-state index contributed by atoms with van der Waals surface area (Å²) in [6.45, 7) is 8.77. The Kier molecular flexibility index (Phi) is 8.06. The topological polar surface area (TPSA) is 48.9 Å². The van der Waals surface area contributed by atoms with Crippen molar-refractivity contribution in [2.45, 2.75) is 45.6 Å². The molecule has 1 aromatic rings. The fourth-order valence-corrected chi connectivity index (χ4v) is 3.35. The molecule has 1 aromatic carbocycles. The predicted molar refractivity (Wildman–Crippen MR) is 106 cm³/mol. The Bertz CT molecular complexity index is 551. The van der Waals surface area contributed by atoms with E-state index in [2.05, 4.69) is 52.6 Å². The molecule has 5 heteroatoms. The van der Waals surface area contributed by atoms with Gasteiger partial charge in [-0.2, -0.15) is 0 Å². The number of likely N-dealkylation sites (tertiary alicyclic amines) is 1. The number of aliphatic imine (C=N–C) groups is 1. The molecular weight excluding hydrogens is 312 g/mol. The number of hydrogen-bond donors (Lipinski definition) is 2. The van der Waals surface area contributed by atoms with Gasteiger partial charge in [-0.15, -0.1) is 0 Å². The van der Waals surface area contributed by atoms with Crippen LogP contribution in [0.3, 0.4) is 0 Å².